The fourth-order valence-corrected chi connectivity index (χ4v) is 3.98. The molecule has 1 spiro atoms. The van der Waals surface area contributed by atoms with E-state index >= 15 is 0 Å². The quantitative estimate of drug-likeness (QED) is 0.824. The second-order valence-electron chi connectivity index (χ2n) is 7.75. The molecule has 3 rings (SSSR count). The number of halogens is 2. The lowest BCUT2D eigenvalue weighted by Crippen LogP contribution is -2.44. The first-order valence-electron chi connectivity index (χ1n) is 9.06. The molecule has 0 aromatic heterocycles. The lowest BCUT2D eigenvalue weighted by atomic mass is 9.92. The Labute approximate surface area is 158 Å². The molecule has 0 unspecified atom stereocenters. The van der Waals surface area contributed by atoms with Crippen LogP contribution in [0, 0.1) is 11.2 Å². The number of nitrogens with one attached hydrogen (secondary N) is 2. The molecule has 1 saturated carbocycles. The highest BCUT2D eigenvalue weighted by Crippen LogP contribution is 2.53. The van der Waals surface area contributed by atoms with E-state index in [1.54, 1.807) is 0 Å². The largest absolute Gasteiger partial charge is 0.353 e. The van der Waals surface area contributed by atoms with Crippen molar-refractivity contribution in [1.29, 1.82) is 0 Å². The zero-order chi connectivity index (χ0) is 18.9. The summed E-state index contributed by atoms with van der Waals surface area (Å²) in [5.74, 6) is -0.743. The van der Waals surface area contributed by atoms with Gasteiger partial charge in [-0.3, -0.25) is 14.5 Å². The van der Waals surface area contributed by atoms with Gasteiger partial charge >= 0.3 is 0 Å². The highest BCUT2D eigenvalue weighted by atomic mass is 35.5. The average molecular weight is 382 g/mol. The first kappa shape index (κ1) is 19.1. The standard InChI is InChI=1S/C19H25ClFN3O2/c1-12(2)22-17(25)11-24-5-3-19(4-6-24)10-16(19)23-18(26)13-7-14(20)9-15(21)8-13/h7-9,12,16H,3-6,10-11H2,1-2H3,(H,22,25)(H,23,26)/t16-/m1/s1. The highest BCUT2D eigenvalue weighted by molar-refractivity contribution is 6.31. The maximum atomic E-state index is 13.4. The summed E-state index contributed by atoms with van der Waals surface area (Å²) in [6.07, 6.45) is 2.85. The second-order valence-corrected chi connectivity index (χ2v) is 8.19. The van der Waals surface area contributed by atoms with Gasteiger partial charge in [-0.1, -0.05) is 11.6 Å². The molecule has 1 heterocycles. The molecular weight excluding hydrogens is 357 g/mol. The van der Waals surface area contributed by atoms with E-state index < -0.39 is 5.82 Å². The Morgan fingerprint density at radius 3 is 2.62 bits per heavy atom. The Morgan fingerprint density at radius 1 is 1.31 bits per heavy atom. The van der Waals surface area contributed by atoms with E-state index in [0.717, 1.165) is 32.4 Å². The van der Waals surface area contributed by atoms with Crippen LogP contribution in [0.15, 0.2) is 18.2 Å². The van der Waals surface area contributed by atoms with Crippen molar-refractivity contribution in [2.75, 3.05) is 19.6 Å². The molecule has 2 fully saturated rings. The number of benzene rings is 1. The zero-order valence-electron chi connectivity index (χ0n) is 15.1. The molecule has 7 heteroatoms. The van der Waals surface area contributed by atoms with E-state index in [9.17, 15) is 14.0 Å². The van der Waals surface area contributed by atoms with E-state index in [1.165, 1.54) is 18.2 Å². The van der Waals surface area contributed by atoms with Crippen LogP contribution in [0.4, 0.5) is 4.39 Å². The number of carbonyl (C=O) groups is 2. The molecule has 1 aliphatic heterocycles. The molecule has 2 N–H and O–H groups in total. The van der Waals surface area contributed by atoms with Crippen LogP contribution >= 0.6 is 11.6 Å². The summed E-state index contributed by atoms with van der Waals surface area (Å²) in [7, 11) is 0. The molecule has 2 aliphatic rings. The Kier molecular flexibility index (Phi) is 5.53. The lowest BCUT2D eigenvalue weighted by molar-refractivity contribution is -0.123. The molecule has 1 aliphatic carbocycles. The Bertz CT molecular complexity index is 682. The fourth-order valence-electron chi connectivity index (χ4n) is 3.76. The Morgan fingerprint density at radius 2 is 2.00 bits per heavy atom. The van der Waals surface area contributed by atoms with Crippen LogP contribution in [-0.2, 0) is 4.79 Å². The molecule has 0 bridgehead atoms. The van der Waals surface area contributed by atoms with E-state index in [2.05, 4.69) is 15.5 Å². The van der Waals surface area contributed by atoms with Crippen molar-refractivity contribution >= 4 is 23.4 Å². The van der Waals surface area contributed by atoms with Crippen molar-refractivity contribution in [1.82, 2.24) is 15.5 Å². The van der Waals surface area contributed by atoms with Gasteiger partial charge in [-0.25, -0.2) is 4.39 Å². The third-order valence-corrected chi connectivity index (χ3v) is 5.51. The average Bonchev–Trinajstić information content (AvgIpc) is 3.19. The van der Waals surface area contributed by atoms with E-state index in [1.807, 2.05) is 13.8 Å². The predicted octanol–water partition coefficient (Wildman–Crippen LogP) is 2.59. The predicted molar refractivity (Wildman–Crippen MR) is 98.7 cm³/mol. The summed E-state index contributed by atoms with van der Waals surface area (Å²) < 4.78 is 13.4. The molecule has 0 radical (unpaired) electrons. The van der Waals surface area contributed by atoms with Crippen molar-refractivity contribution in [3.05, 3.63) is 34.6 Å². The normalized spacial score (nSPS) is 21.7. The number of amides is 2. The molecule has 142 valence electrons. The number of rotatable bonds is 5. The summed E-state index contributed by atoms with van der Waals surface area (Å²) >= 11 is 5.82. The van der Waals surface area contributed by atoms with Gasteiger partial charge in [0.25, 0.3) is 5.91 Å². The number of nitrogens with zero attached hydrogens (tertiary/aromatic N) is 1. The maximum Gasteiger partial charge on any atom is 0.251 e. The Hall–Kier alpha value is -1.66. The molecule has 1 aromatic rings. The van der Waals surface area contributed by atoms with Crippen LogP contribution < -0.4 is 10.6 Å². The van der Waals surface area contributed by atoms with E-state index in [-0.39, 0.29) is 39.9 Å². The fraction of sp³-hybridized carbons (Fsp3) is 0.579. The van der Waals surface area contributed by atoms with Crippen LogP contribution in [0.5, 0.6) is 0 Å². The van der Waals surface area contributed by atoms with Crippen LogP contribution in [0.2, 0.25) is 5.02 Å². The van der Waals surface area contributed by atoms with Gasteiger partial charge in [0.05, 0.1) is 6.54 Å². The number of likely N-dealkylation sites (tertiary alicyclic amines) is 1. The second kappa shape index (κ2) is 7.53. The summed E-state index contributed by atoms with van der Waals surface area (Å²) in [5, 5.41) is 6.13. The van der Waals surface area contributed by atoms with Gasteiger partial charge in [-0.15, -0.1) is 0 Å². The van der Waals surface area contributed by atoms with Gasteiger partial charge in [-0.2, -0.15) is 0 Å². The first-order chi connectivity index (χ1) is 12.3. The van der Waals surface area contributed by atoms with E-state index in [4.69, 9.17) is 11.6 Å². The Balaban J connectivity index is 1.48. The molecule has 2 amide bonds. The number of hydrogen-bond acceptors (Lipinski definition) is 3. The third-order valence-electron chi connectivity index (χ3n) is 5.29. The van der Waals surface area contributed by atoms with Gasteiger partial charge < -0.3 is 10.6 Å². The van der Waals surface area contributed by atoms with Crippen LogP contribution in [0.1, 0.15) is 43.5 Å². The van der Waals surface area contributed by atoms with Crippen molar-refractivity contribution in [3.8, 4) is 0 Å². The summed E-state index contributed by atoms with van der Waals surface area (Å²) in [5.41, 5.74) is 0.373. The zero-order valence-corrected chi connectivity index (χ0v) is 15.9. The highest BCUT2D eigenvalue weighted by Gasteiger charge is 2.55. The smallest absolute Gasteiger partial charge is 0.251 e. The summed E-state index contributed by atoms with van der Waals surface area (Å²) in [6, 6.07) is 4.13. The van der Waals surface area contributed by atoms with Gasteiger partial charge in [-0.05, 0) is 69.8 Å². The summed E-state index contributed by atoms with van der Waals surface area (Å²) in [4.78, 5) is 26.4. The minimum atomic E-state index is -0.513. The molecular formula is C19H25ClFN3O2. The topological polar surface area (TPSA) is 61.4 Å². The molecule has 26 heavy (non-hydrogen) atoms. The molecule has 1 atom stereocenters. The SMILES string of the molecule is CC(C)NC(=O)CN1CCC2(CC1)C[C@H]2NC(=O)c1cc(F)cc(Cl)c1. The van der Waals surface area contributed by atoms with Crippen molar-refractivity contribution < 1.29 is 14.0 Å². The molecule has 1 saturated heterocycles. The number of hydrogen-bond donors (Lipinski definition) is 2. The van der Waals surface area contributed by atoms with Gasteiger partial charge in [0.15, 0.2) is 0 Å². The van der Waals surface area contributed by atoms with Crippen molar-refractivity contribution in [2.24, 2.45) is 5.41 Å². The molecule has 5 nitrogen and oxygen atoms in total. The van der Waals surface area contributed by atoms with Gasteiger partial charge in [0, 0.05) is 22.7 Å². The van der Waals surface area contributed by atoms with Crippen molar-refractivity contribution in [2.45, 2.75) is 45.2 Å². The van der Waals surface area contributed by atoms with Crippen molar-refractivity contribution in [3.63, 3.8) is 0 Å². The summed E-state index contributed by atoms with van der Waals surface area (Å²) in [6.45, 7) is 6.03. The minimum absolute atomic E-state index is 0.0552. The van der Waals surface area contributed by atoms with Gasteiger partial charge in [0.1, 0.15) is 5.82 Å². The maximum absolute atomic E-state index is 13.4. The van der Waals surface area contributed by atoms with Crippen LogP contribution in [0.3, 0.4) is 0 Å². The molecule has 1 aromatic carbocycles. The van der Waals surface area contributed by atoms with Crippen LogP contribution in [-0.4, -0.2) is 48.4 Å². The van der Waals surface area contributed by atoms with Gasteiger partial charge in [0.2, 0.25) is 5.91 Å². The monoisotopic (exact) mass is 381 g/mol. The van der Waals surface area contributed by atoms with E-state index in [0.29, 0.717) is 6.54 Å². The lowest BCUT2D eigenvalue weighted by Gasteiger charge is -2.32. The number of carbonyl (C=O) groups excluding carboxylic acids is 2. The minimum Gasteiger partial charge on any atom is -0.353 e. The van der Waals surface area contributed by atoms with Crippen LogP contribution in [0.25, 0.3) is 0 Å². The number of piperidine rings is 1. The third kappa shape index (κ3) is 4.54. The first-order valence-corrected chi connectivity index (χ1v) is 9.44.